The van der Waals surface area contributed by atoms with E-state index in [1.807, 2.05) is 23.7 Å². The number of nitrogens with one attached hydrogen (secondary N) is 2. The van der Waals surface area contributed by atoms with E-state index in [4.69, 9.17) is 0 Å². The van der Waals surface area contributed by atoms with Gasteiger partial charge in [-0.1, -0.05) is 0 Å². The first-order valence-electron chi connectivity index (χ1n) is 6.68. The number of anilines is 1. The second-order valence-electron chi connectivity index (χ2n) is 4.89. The van der Waals surface area contributed by atoms with Gasteiger partial charge in [-0.05, 0) is 37.1 Å². The van der Waals surface area contributed by atoms with Crippen LogP contribution >= 0.6 is 0 Å². The van der Waals surface area contributed by atoms with Crippen molar-refractivity contribution >= 4 is 15.7 Å². The minimum absolute atomic E-state index is 0.325. The first-order chi connectivity index (χ1) is 9.94. The molecule has 2 N–H and O–H groups in total. The summed E-state index contributed by atoms with van der Waals surface area (Å²) in [4.78, 5) is 4.28. The van der Waals surface area contributed by atoms with E-state index in [9.17, 15) is 8.42 Å². The monoisotopic (exact) mass is 308 g/mol. The van der Waals surface area contributed by atoms with E-state index < -0.39 is 10.0 Å². The Kier molecular flexibility index (Phi) is 4.64. The number of rotatable bonds is 6. The highest BCUT2D eigenvalue weighted by Gasteiger charge is 2.19. The number of benzene rings is 1. The SMILES string of the molecule is CNc1cc(C)c(S(=O)(=O)NCCn2ccnc2)c(C)c1. The number of aryl methyl sites for hydroxylation is 2. The summed E-state index contributed by atoms with van der Waals surface area (Å²) in [6.45, 7) is 4.48. The van der Waals surface area contributed by atoms with Crippen molar-refractivity contribution in [2.45, 2.75) is 25.3 Å². The quantitative estimate of drug-likeness (QED) is 0.848. The van der Waals surface area contributed by atoms with Gasteiger partial charge in [-0.15, -0.1) is 0 Å². The Bertz CT molecular complexity index is 686. The zero-order valence-electron chi connectivity index (χ0n) is 12.4. The lowest BCUT2D eigenvalue weighted by atomic mass is 10.1. The molecule has 21 heavy (non-hydrogen) atoms. The molecule has 6 nitrogen and oxygen atoms in total. The Hall–Kier alpha value is -1.86. The second kappa shape index (κ2) is 6.28. The Morgan fingerprint density at radius 3 is 2.43 bits per heavy atom. The summed E-state index contributed by atoms with van der Waals surface area (Å²) in [5, 5.41) is 3.02. The van der Waals surface area contributed by atoms with Crippen LogP contribution in [-0.2, 0) is 16.6 Å². The zero-order chi connectivity index (χ0) is 15.5. The van der Waals surface area contributed by atoms with Crippen LogP contribution in [0.5, 0.6) is 0 Å². The molecule has 0 amide bonds. The molecule has 2 rings (SSSR count). The summed E-state index contributed by atoms with van der Waals surface area (Å²) in [7, 11) is -1.70. The minimum atomic E-state index is -3.51. The highest BCUT2D eigenvalue weighted by Crippen LogP contribution is 2.24. The maximum atomic E-state index is 12.4. The highest BCUT2D eigenvalue weighted by molar-refractivity contribution is 7.89. The number of hydrogen-bond donors (Lipinski definition) is 2. The van der Waals surface area contributed by atoms with Crippen LogP contribution < -0.4 is 10.0 Å². The molecule has 7 heteroatoms. The van der Waals surface area contributed by atoms with E-state index in [2.05, 4.69) is 15.0 Å². The molecule has 1 aromatic heterocycles. The van der Waals surface area contributed by atoms with Crippen LogP contribution in [0.15, 0.2) is 35.7 Å². The summed E-state index contributed by atoms with van der Waals surface area (Å²) in [5.41, 5.74) is 2.37. The van der Waals surface area contributed by atoms with Gasteiger partial charge < -0.3 is 9.88 Å². The van der Waals surface area contributed by atoms with Crippen molar-refractivity contribution in [3.63, 3.8) is 0 Å². The Morgan fingerprint density at radius 2 is 1.90 bits per heavy atom. The van der Waals surface area contributed by atoms with Gasteiger partial charge in [-0.3, -0.25) is 0 Å². The van der Waals surface area contributed by atoms with Crippen molar-refractivity contribution in [2.24, 2.45) is 0 Å². The molecule has 0 fully saturated rings. The third kappa shape index (κ3) is 3.62. The first-order valence-corrected chi connectivity index (χ1v) is 8.17. The number of hydrogen-bond acceptors (Lipinski definition) is 4. The predicted octanol–water partition coefficient (Wildman–Crippen LogP) is 1.52. The van der Waals surface area contributed by atoms with Crippen LogP contribution in [0.2, 0.25) is 0 Å². The number of nitrogens with zero attached hydrogens (tertiary/aromatic N) is 2. The van der Waals surface area contributed by atoms with Gasteiger partial charge in [0.25, 0.3) is 0 Å². The molecular weight excluding hydrogens is 288 g/mol. The first kappa shape index (κ1) is 15.5. The minimum Gasteiger partial charge on any atom is -0.388 e. The maximum absolute atomic E-state index is 12.4. The lowest BCUT2D eigenvalue weighted by molar-refractivity contribution is 0.571. The molecule has 0 bridgehead atoms. The normalized spacial score (nSPS) is 11.6. The molecule has 0 aliphatic carbocycles. The van der Waals surface area contributed by atoms with Gasteiger partial charge >= 0.3 is 0 Å². The van der Waals surface area contributed by atoms with Crippen molar-refractivity contribution < 1.29 is 8.42 Å². The summed E-state index contributed by atoms with van der Waals surface area (Å²) >= 11 is 0. The molecule has 114 valence electrons. The third-order valence-corrected chi connectivity index (χ3v) is 5.00. The standard InChI is InChI=1S/C14H20N4O2S/c1-11-8-13(15-3)9-12(2)14(11)21(19,20)17-5-7-18-6-4-16-10-18/h4,6,8-10,15,17H,5,7H2,1-3H3. The van der Waals surface area contributed by atoms with Crippen molar-refractivity contribution in [1.29, 1.82) is 0 Å². The van der Waals surface area contributed by atoms with Gasteiger partial charge in [0.15, 0.2) is 0 Å². The van der Waals surface area contributed by atoms with Gasteiger partial charge in [-0.25, -0.2) is 18.1 Å². The van der Waals surface area contributed by atoms with E-state index >= 15 is 0 Å². The lowest BCUT2D eigenvalue weighted by Gasteiger charge is -2.14. The van der Waals surface area contributed by atoms with Gasteiger partial charge in [0.05, 0.1) is 11.2 Å². The fraction of sp³-hybridized carbons (Fsp3) is 0.357. The molecule has 1 aromatic carbocycles. The van der Waals surface area contributed by atoms with Crippen LogP contribution in [0.3, 0.4) is 0 Å². The van der Waals surface area contributed by atoms with Gasteiger partial charge in [0.2, 0.25) is 10.0 Å². The molecule has 0 radical (unpaired) electrons. The van der Waals surface area contributed by atoms with Crippen molar-refractivity contribution in [3.05, 3.63) is 42.0 Å². The molecule has 0 saturated carbocycles. The molecule has 1 heterocycles. The van der Waals surface area contributed by atoms with Crippen LogP contribution in [0.1, 0.15) is 11.1 Å². The van der Waals surface area contributed by atoms with Gasteiger partial charge in [-0.2, -0.15) is 0 Å². The van der Waals surface area contributed by atoms with E-state index in [0.29, 0.717) is 18.0 Å². The smallest absolute Gasteiger partial charge is 0.241 e. The van der Waals surface area contributed by atoms with E-state index in [0.717, 1.165) is 16.8 Å². The Morgan fingerprint density at radius 1 is 1.24 bits per heavy atom. The summed E-state index contributed by atoms with van der Waals surface area (Å²) in [6.07, 6.45) is 5.12. The van der Waals surface area contributed by atoms with Crippen LogP contribution in [0, 0.1) is 13.8 Å². The maximum Gasteiger partial charge on any atom is 0.241 e. The number of imidazole rings is 1. The molecule has 0 aliphatic heterocycles. The molecule has 0 unspecified atom stereocenters. The molecule has 0 atom stereocenters. The van der Waals surface area contributed by atoms with Crippen molar-refractivity contribution in [1.82, 2.24) is 14.3 Å². The van der Waals surface area contributed by atoms with Crippen LogP contribution in [0.4, 0.5) is 5.69 Å². The van der Waals surface area contributed by atoms with E-state index in [-0.39, 0.29) is 0 Å². The lowest BCUT2D eigenvalue weighted by Crippen LogP contribution is -2.28. The second-order valence-corrected chi connectivity index (χ2v) is 6.59. The average Bonchev–Trinajstić information content (AvgIpc) is 2.90. The average molecular weight is 308 g/mol. The highest BCUT2D eigenvalue weighted by atomic mass is 32.2. The Balaban J connectivity index is 2.15. The molecule has 0 saturated heterocycles. The molecule has 0 spiro atoms. The van der Waals surface area contributed by atoms with E-state index in [1.54, 1.807) is 32.6 Å². The largest absolute Gasteiger partial charge is 0.388 e. The van der Waals surface area contributed by atoms with Crippen molar-refractivity contribution in [3.8, 4) is 0 Å². The zero-order valence-corrected chi connectivity index (χ0v) is 13.2. The van der Waals surface area contributed by atoms with Gasteiger partial charge in [0.1, 0.15) is 0 Å². The summed E-state index contributed by atoms with van der Waals surface area (Å²) < 4.78 is 29.4. The number of sulfonamides is 1. The van der Waals surface area contributed by atoms with Crippen LogP contribution in [0.25, 0.3) is 0 Å². The summed E-state index contributed by atoms with van der Waals surface area (Å²) in [6, 6.07) is 3.66. The summed E-state index contributed by atoms with van der Waals surface area (Å²) in [5.74, 6) is 0. The fourth-order valence-corrected chi connectivity index (χ4v) is 3.79. The van der Waals surface area contributed by atoms with E-state index in [1.165, 1.54) is 0 Å². The third-order valence-electron chi connectivity index (χ3n) is 3.24. The molecule has 0 aliphatic rings. The van der Waals surface area contributed by atoms with Gasteiger partial charge in [0, 0.05) is 38.2 Å². The molecule has 2 aromatic rings. The van der Waals surface area contributed by atoms with Crippen LogP contribution in [-0.4, -0.2) is 31.6 Å². The van der Waals surface area contributed by atoms with Crippen molar-refractivity contribution in [2.75, 3.05) is 18.9 Å². The fourth-order valence-electron chi connectivity index (χ4n) is 2.32. The number of aromatic nitrogens is 2. The Labute approximate surface area is 125 Å². The molecular formula is C14H20N4O2S. The predicted molar refractivity (Wildman–Crippen MR) is 82.9 cm³/mol. The topological polar surface area (TPSA) is 76.0 Å².